The number of halogens is 5. The molecular formula is C30H31Cl2F3N2O6S. The van der Waals surface area contributed by atoms with E-state index in [9.17, 15) is 36.9 Å². The fraction of sp³-hybridized carbons (Fsp3) is 0.400. The smallest absolute Gasteiger partial charge is 0.416 e. The summed E-state index contributed by atoms with van der Waals surface area (Å²) in [4.78, 5) is 1.61. The normalized spacial score (nSPS) is 26.4. The lowest BCUT2D eigenvalue weighted by atomic mass is 9.85. The zero-order valence-electron chi connectivity index (χ0n) is 23.3. The van der Waals surface area contributed by atoms with E-state index in [0.717, 1.165) is 17.7 Å². The number of nitrogens with zero attached hydrogens (tertiary/aromatic N) is 1. The minimum Gasteiger partial charge on any atom is -0.492 e. The van der Waals surface area contributed by atoms with Gasteiger partial charge in [0.2, 0.25) is 10.0 Å². The van der Waals surface area contributed by atoms with Crippen molar-refractivity contribution < 1.29 is 41.6 Å². The van der Waals surface area contributed by atoms with Gasteiger partial charge in [-0.25, -0.2) is 13.1 Å². The largest absolute Gasteiger partial charge is 0.492 e. The first-order chi connectivity index (χ1) is 20.6. The van der Waals surface area contributed by atoms with Crippen molar-refractivity contribution in [2.24, 2.45) is 5.41 Å². The van der Waals surface area contributed by atoms with Crippen molar-refractivity contribution in [2.75, 3.05) is 26.2 Å². The Balaban J connectivity index is 1.53. The van der Waals surface area contributed by atoms with E-state index in [-0.39, 0.29) is 61.8 Å². The third kappa shape index (κ3) is 7.51. The highest BCUT2D eigenvalue weighted by Gasteiger charge is 2.46. The first kappa shape index (κ1) is 33.0. The molecule has 1 fully saturated rings. The number of hydrogen-bond donors (Lipinski definition) is 4. The molecule has 1 saturated carbocycles. The number of nitrogens with one attached hydrogen (secondary N) is 1. The average Bonchev–Trinajstić information content (AvgIpc) is 3.24. The van der Waals surface area contributed by atoms with Gasteiger partial charge in [-0.1, -0.05) is 47.5 Å². The van der Waals surface area contributed by atoms with E-state index in [1.165, 1.54) is 30.3 Å². The highest BCUT2D eigenvalue weighted by atomic mass is 35.5. The summed E-state index contributed by atoms with van der Waals surface area (Å²) >= 11 is 12.3. The van der Waals surface area contributed by atoms with Gasteiger partial charge in [-0.15, -0.1) is 0 Å². The zero-order chi connectivity index (χ0) is 31.9. The number of hydrogen-bond acceptors (Lipinski definition) is 7. The number of alkyl halides is 3. The van der Waals surface area contributed by atoms with Gasteiger partial charge in [-0.05, 0) is 65.9 Å². The van der Waals surface area contributed by atoms with Crippen LogP contribution in [0.2, 0.25) is 10.0 Å². The van der Waals surface area contributed by atoms with Crippen LogP contribution in [0.3, 0.4) is 0 Å². The molecule has 8 nitrogen and oxygen atoms in total. The Morgan fingerprint density at radius 3 is 2.34 bits per heavy atom. The van der Waals surface area contributed by atoms with Gasteiger partial charge in [-0.3, -0.25) is 4.90 Å². The quantitative estimate of drug-likeness (QED) is 0.318. The van der Waals surface area contributed by atoms with Gasteiger partial charge in [-0.2, -0.15) is 13.2 Å². The average molecular weight is 676 g/mol. The highest BCUT2D eigenvalue weighted by Crippen LogP contribution is 2.42. The maximum absolute atomic E-state index is 13.4. The van der Waals surface area contributed by atoms with E-state index in [4.69, 9.17) is 27.9 Å². The molecule has 1 aliphatic heterocycles. The van der Waals surface area contributed by atoms with Gasteiger partial charge in [0.25, 0.3) is 0 Å². The van der Waals surface area contributed by atoms with Crippen molar-refractivity contribution in [1.82, 2.24) is 9.62 Å². The maximum atomic E-state index is 13.4. The van der Waals surface area contributed by atoms with Crippen LogP contribution in [-0.2, 0) is 22.7 Å². The molecule has 14 heteroatoms. The lowest BCUT2D eigenvalue weighted by Crippen LogP contribution is -2.46. The van der Waals surface area contributed by atoms with Crippen LogP contribution in [0.25, 0.3) is 11.1 Å². The molecule has 44 heavy (non-hydrogen) atoms. The van der Waals surface area contributed by atoms with Crippen LogP contribution in [0.1, 0.15) is 24.0 Å². The Hall–Kier alpha value is -2.42. The second kappa shape index (κ2) is 12.8. The third-order valence-electron chi connectivity index (χ3n) is 7.95. The second-order valence-corrected chi connectivity index (χ2v) is 14.0. The van der Waals surface area contributed by atoms with Gasteiger partial charge in [0.1, 0.15) is 10.6 Å². The summed E-state index contributed by atoms with van der Waals surface area (Å²) in [5.41, 5.74) is -0.479. The van der Waals surface area contributed by atoms with Crippen LogP contribution in [0.4, 0.5) is 13.2 Å². The first-order valence-corrected chi connectivity index (χ1v) is 16.0. The molecule has 0 amide bonds. The molecule has 0 aromatic heterocycles. The van der Waals surface area contributed by atoms with Crippen molar-refractivity contribution in [3.8, 4) is 16.9 Å². The van der Waals surface area contributed by atoms with E-state index in [1.807, 2.05) is 4.90 Å². The van der Waals surface area contributed by atoms with Crippen molar-refractivity contribution in [3.63, 3.8) is 0 Å². The standard InChI is InChI=1S/C30H31Cl2F3N2O6S/c31-23-6-4-18(8-24(23)32)14-37-15-22(38)13-36-44(41,42)28-7-5-20(19-2-1-3-21(9-19)30(33,34)35)10-27(28)43-17-29(16-37)11-25(39)26(40)12-29/h1-10,22,25-26,36,38-40H,11-17H2/t22-,25-,26+,29?/m0/s1. The zero-order valence-corrected chi connectivity index (χ0v) is 25.6. The topological polar surface area (TPSA) is 119 Å². The molecule has 1 unspecified atom stereocenters. The number of ether oxygens (including phenoxy) is 1. The van der Waals surface area contributed by atoms with Gasteiger partial charge in [0.15, 0.2) is 0 Å². The molecule has 5 rings (SSSR count). The highest BCUT2D eigenvalue weighted by molar-refractivity contribution is 7.89. The molecule has 1 heterocycles. The summed E-state index contributed by atoms with van der Waals surface area (Å²) in [7, 11) is -4.24. The number of rotatable bonds is 3. The minimum absolute atomic E-state index is 0.0397. The number of β-amino-alcohol motifs (C(OH)–C–C–N with tert-alkyl or cyclic N) is 1. The van der Waals surface area contributed by atoms with Crippen molar-refractivity contribution in [3.05, 3.63) is 81.8 Å². The monoisotopic (exact) mass is 674 g/mol. The number of fused-ring (bicyclic) bond motifs is 1. The molecule has 1 spiro atoms. The van der Waals surface area contributed by atoms with Crippen molar-refractivity contribution in [2.45, 2.75) is 48.8 Å². The Bertz CT molecular complexity index is 1610. The Morgan fingerprint density at radius 2 is 1.66 bits per heavy atom. The number of sulfonamides is 1. The molecular weight excluding hydrogens is 644 g/mol. The predicted octanol–water partition coefficient (Wildman–Crippen LogP) is 4.72. The first-order valence-electron chi connectivity index (χ1n) is 13.8. The van der Waals surface area contributed by atoms with Crippen LogP contribution >= 0.6 is 23.2 Å². The summed E-state index contributed by atoms with van der Waals surface area (Å²) in [5.74, 6) is -0.117. The van der Waals surface area contributed by atoms with E-state index in [0.29, 0.717) is 15.6 Å². The SMILES string of the molecule is O=S1(=O)NC[C@H](O)CN(Cc2ccc(Cl)c(Cl)c2)CC2(COc3cc(-c4cccc(C(F)(F)F)c4)ccc31)C[C@@H](O)[C@@H](O)C2. The summed E-state index contributed by atoms with van der Waals surface area (Å²) < 4.78 is 75.5. The molecule has 4 N–H and O–H groups in total. The second-order valence-electron chi connectivity index (χ2n) is 11.5. The molecule has 4 atom stereocenters. The molecule has 1 aliphatic carbocycles. The van der Waals surface area contributed by atoms with E-state index in [2.05, 4.69) is 4.72 Å². The van der Waals surface area contributed by atoms with Crippen molar-refractivity contribution in [1.29, 1.82) is 0 Å². The predicted molar refractivity (Wildman–Crippen MR) is 159 cm³/mol. The Labute approximate surface area is 263 Å². The lowest BCUT2D eigenvalue weighted by molar-refractivity contribution is -0.137. The van der Waals surface area contributed by atoms with Crippen LogP contribution in [0, 0.1) is 5.41 Å². The fourth-order valence-corrected chi connectivity index (χ4v) is 7.38. The van der Waals surface area contributed by atoms with Gasteiger partial charge >= 0.3 is 6.18 Å². The molecule has 0 radical (unpaired) electrons. The molecule has 3 aromatic carbocycles. The molecule has 238 valence electrons. The number of benzene rings is 3. The number of aliphatic hydroxyl groups excluding tert-OH is 3. The van der Waals surface area contributed by atoms with Crippen molar-refractivity contribution >= 4 is 33.2 Å². The molecule has 2 aliphatic rings. The van der Waals surface area contributed by atoms with Crippen LogP contribution in [0.5, 0.6) is 5.75 Å². The summed E-state index contributed by atoms with van der Waals surface area (Å²) in [6.45, 7) is 0.0910. The molecule has 0 bridgehead atoms. The van der Waals surface area contributed by atoms with Gasteiger partial charge < -0.3 is 20.1 Å². The summed E-state index contributed by atoms with van der Waals surface area (Å²) in [6, 6.07) is 13.7. The minimum atomic E-state index is -4.57. The van der Waals surface area contributed by atoms with E-state index >= 15 is 0 Å². The Kier molecular flexibility index (Phi) is 9.56. The van der Waals surface area contributed by atoms with Gasteiger partial charge in [0, 0.05) is 31.6 Å². The maximum Gasteiger partial charge on any atom is 0.416 e. The lowest BCUT2D eigenvalue weighted by Gasteiger charge is -2.37. The van der Waals surface area contributed by atoms with Gasteiger partial charge in [0.05, 0.1) is 40.5 Å². The van der Waals surface area contributed by atoms with Crippen LogP contribution in [0.15, 0.2) is 65.6 Å². The van der Waals surface area contributed by atoms with Crippen LogP contribution < -0.4 is 9.46 Å². The molecule has 3 aromatic rings. The Morgan fingerprint density at radius 1 is 0.955 bits per heavy atom. The molecule has 0 saturated heterocycles. The number of aliphatic hydroxyl groups is 3. The third-order valence-corrected chi connectivity index (χ3v) is 10.1. The summed E-state index contributed by atoms with van der Waals surface area (Å²) in [5, 5.41) is 32.7. The fourth-order valence-electron chi connectivity index (χ4n) is 5.87. The summed E-state index contributed by atoms with van der Waals surface area (Å²) in [6.07, 6.45) is -7.61. The van der Waals surface area contributed by atoms with Crippen LogP contribution in [-0.4, -0.2) is 73.2 Å². The van der Waals surface area contributed by atoms with E-state index in [1.54, 1.807) is 18.2 Å². The van der Waals surface area contributed by atoms with E-state index < -0.39 is 45.5 Å².